The third-order valence-corrected chi connectivity index (χ3v) is 2.70. The first-order chi connectivity index (χ1) is 8.81. The molecule has 90 valence electrons. The summed E-state index contributed by atoms with van der Waals surface area (Å²) in [5.74, 6) is -0.484. The number of hydrogen-bond donors (Lipinski definition) is 1. The fraction of sp³-hybridized carbons (Fsp3) is 0.133. The van der Waals surface area contributed by atoms with E-state index in [2.05, 4.69) is 5.32 Å². The van der Waals surface area contributed by atoms with E-state index in [0.717, 1.165) is 6.42 Å². The van der Waals surface area contributed by atoms with Gasteiger partial charge >= 0.3 is 0 Å². The van der Waals surface area contributed by atoms with Crippen LogP contribution in [0.3, 0.4) is 0 Å². The number of anilines is 1. The largest absolute Gasteiger partial charge is 0.384 e. The number of benzene rings is 2. The molecule has 0 aliphatic rings. The number of halogens is 1. The van der Waals surface area contributed by atoms with Crippen LogP contribution in [0.2, 0.25) is 0 Å². The minimum absolute atomic E-state index is 0.0746. The van der Waals surface area contributed by atoms with Gasteiger partial charge in [-0.25, -0.2) is 4.39 Å². The lowest BCUT2D eigenvalue weighted by Gasteiger charge is -2.08. The molecule has 0 radical (unpaired) electrons. The Morgan fingerprint density at radius 1 is 1.06 bits per heavy atom. The predicted molar refractivity (Wildman–Crippen MR) is 69.8 cm³/mol. The van der Waals surface area contributed by atoms with Crippen molar-refractivity contribution in [1.29, 1.82) is 5.26 Å². The van der Waals surface area contributed by atoms with Crippen molar-refractivity contribution in [3.63, 3.8) is 0 Å². The van der Waals surface area contributed by atoms with Crippen molar-refractivity contribution in [1.82, 2.24) is 0 Å². The zero-order valence-corrected chi connectivity index (χ0v) is 9.86. The standard InChI is InChI=1S/C15H13FN2/c16-14-7-4-8-15(13(14)11-17)18-10-9-12-5-2-1-3-6-12/h1-8,18H,9-10H2. The Labute approximate surface area is 106 Å². The van der Waals surface area contributed by atoms with E-state index in [1.807, 2.05) is 36.4 Å². The number of nitrogens with zero attached hydrogens (tertiary/aromatic N) is 1. The molecule has 0 unspecified atom stereocenters. The highest BCUT2D eigenvalue weighted by atomic mass is 19.1. The van der Waals surface area contributed by atoms with Crippen molar-refractivity contribution in [2.24, 2.45) is 0 Å². The van der Waals surface area contributed by atoms with Crippen molar-refractivity contribution >= 4 is 5.69 Å². The number of hydrogen-bond acceptors (Lipinski definition) is 2. The molecule has 0 atom stereocenters. The van der Waals surface area contributed by atoms with Crippen LogP contribution in [-0.2, 0) is 6.42 Å². The molecule has 0 saturated carbocycles. The Kier molecular flexibility index (Phi) is 3.93. The van der Waals surface area contributed by atoms with E-state index in [-0.39, 0.29) is 5.56 Å². The second-order valence-corrected chi connectivity index (χ2v) is 3.94. The minimum atomic E-state index is -0.484. The van der Waals surface area contributed by atoms with Gasteiger partial charge in [-0.05, 0) is 24.1 Å². The maximum atomic E-state index is 13.3. The molecule has 2 rings (SSSR count). The molecule has 0 saturated heterocycles. The smallest absolute Gasteiger partial charge is 0.143 e. The first kappa shape index (κ1) is 12.1. The van der Waals surface area contributed by atoms with Gasteiger partial charge in [0, 0.05) is 6.54 Å². The number of nitrogens with one attached hydrogen (secondary N) is 1. The summed E-state index contributed by atoms with van der Waals surface area (Å²) in [4.78, 5) is 0. The average Bonchev–Trinajstić information content (AvgIpc) is 2.40. The van der Waals surface area contributed by atoms with Gasteiger partial charge in [-0.2, -0.15) is 5.26 Å². The quantitative estimate of drug-likeness (QED) is 0.889. The van der Waals surface area contributed by atoms with Crippen LogP contribution in [0.1, 0.15) is 11.1 Å². The lowest BCUT2D eigenvalue weighted by atomic mass is 10.1. The zero-order chi connectivity index (χ0) is 12.8. The molecule has 0 aromatic heterocycles. The average molecular weight is 240 g/mol. The van der Waals surface area contributed by atoms with E-state index in [0.29, 0.717) is 12.2 Å². The van der Waals surface area contributed by atoms with Crippen LogP contribution in [0, 0.1) is 17.1 Å². The van der Waals surface area contributed by atoms with Crippen LogP contribution >= 0.6 is 0 Å². The molecule has 1 N–H and O–H groups in total. The molecule has 3 heteroatoms. The second-order valence-electron chi connectivity index (χ2n) is 3.94. The summed E-state index contributed by atoms with van der Waals surface area (Å²) in [7, 11) is 0. The van der Waals surface area contributed by atoms with Gasteiger partial charge in [0.05, 0.1) is 5.69 Å². The minimum Gasteiger partial charge on any atom is -0.384 e. The van der Waals surface area contributed by atoms with Gasteiger partial charge in [0.2, 0.25) is 0 Å². The van der Waals surface area contributed by atoms with Gasteiger partial charge < -0.3 is 5.32 Å². The normalized spacial score (nSPS) is 9.78. The Morgan fingerprint density at radius 2 is 1.83 bits per heavy atom. The lowest BCUT2D eigenvalue weighted by molar-refractivity contribution is 0.624. The second kappa shape index (κ2) is 5.83. The van der Waals surface area contributed by atoms with E-state index >= 15 is 0 Å². The van der Waals surface area contributed by atoms with Gasteiger partial charge in [-0.1, -0.05) is 36.4 Å². The molecule has 0 aliphatic heterocycles. The van der Waals surface area contributed by atoms with Crippen molar-refractivity contribution in [3.8, 4) is 6.07 Å². The molecule has 0 aliphatic carbocycles. The van der Waals surface area contributed by atoms with E-state index in [4.69, 9.17) is 5.26 Å². The van der Waals surface area contributed by atoms with Crippen molar-refractivity contribution in [3.05, 3.63) is 65.5 Å². The molecular formula is C15H13FN2. The van der Waals surface area contributed by atoms with Crippen LogP contribution in [0.5, 0.6) is 0 Å². The number of nitriles is 1. The Balaban J connectivity index is 1.99. The highest BCUT2D eigenvalue weighted by Gasteiger charge is 2.06. The third kappa shape index (κ3) is 2.86. The molecule has 0 spiro atoms. The van der Waals surface area contributed by atoms with Crippen molar-refractivity contribution in [2.45, 2.75) is 6.42 Å². The van der Waals surface area contributed by atoms with Crippen LogP contribution in [-0.4, -0.2) is 6.54 Å². The van der Waals surface area contributed by atoms with Crippen molar-refractivity contribution in [2.75, 3.05) is 11.9 Å². The van der Waals surface area contributed by atoms with E-state index in [1.165, 1.54) is 11.6 Å². The lowest BCUT2D eigenvalue weighted by Crippen LogP contribution is -2.06. The first-order valence-corrected chi connectivity index (χ1v) is 5.77. The summed E-state index contributed by atoms with van der Waals surface area (Å²) >= 11 is 0. The summed E-state index contributed by atoms with van der Waals surface area (Å²) in [6, 6.07) is 16.5. The maximum Gasteiger partial charge on any atom is 0.143 e. The fourth-order valence-corrected chi connectivity index (χ4v) is 1.77. The summed E-state index contributed by atoms with van der Waals surface area (Å²) in [6.07, 6.45) is 0.836. The molecule has 2 aromatic carbocycles. The monoisotopic (exact) mass is 240 g/mol. The van der Waals surface area contributed by atoms with Gasteiger partial charge in [0.25, 0.3) is 0 Å². The van der Waals surface area contributed by atoms with Crippen molar-refractivity contribution < 1.29 is 4.39 Å². The molecule has 0 fully saturated rings. The van der Waals surface area contributed by atoms with E-state index in [1.54, 1.807) is 12.1 Å². The van der Waals surface area contributed by atoms with Crippen LogP contribution in [0.25, 0.3) is 0 Å². The SMILES string of the molecule is N#Cc1c(F)cccc1NCCc1ccccc1. The van der Waals surface area contributed by atoms with Gasteiger partial charge in [-0.15, -0.1) is 0 Å². The highest BCUT2D eigenvalue weighted by molar-refractivity contribution is 5.57. The summed E-state index contributed by atoms with van der Waals surface area (Å²) < 4.78 is 13.3. The molecule has 0 heterocycles. The first-order valence-electron chi connectivity index (χ1n) is 5.77. The van der Waals surface area contributed by atoms with Crippen LogP contribution in [0.15, 0.2) is 48.5 Å². The molecule has 2 aromatic rings. The molecule has 18 heavy (non-hydrogen) atoms. The van der Waals surface area contributed by atoms with E-state index in [9.17, 15) is 4.39 Å². The topological polar surface area (TPSA) is 35.8 Å². The van der Waals surface area contributed by atoms with Gasteiger partial charge in [0.15, 0.2) is 0 Å². The third-order valence-electron chi connectivity index (χ3n) is 2.70. The molecule has 2 nitrogen and oxygen atoms in total. The Morgan fingerprint density at radius 3 is 2.56 bits per heavy atom. The van der Waals surface area contributed by atoms with Crippen LogP contribution < -0.4 is 5.32 Å². The van der Waals surface area contributed by atoms with Crippen LogP contribution in [0.4, 0.5) is 10.1 Å². The highest BCUT2D eigenvalue weighted by Crippen LogP contribution is 2.17. The Hall–Kier alpha value is -2.34. The molecule has 0 bridgehead atoms. The van der Waals surface area contributed by atoms with Gasteiger partial charge in [-0.3, -0.25) is 0 Å². The summed E-state index contributed by atoms with van der Waals surface area (Å²) in [5, 5.41) is 12.0. The fourth-order valence-electron chi connectivity index (χ4n) is 1.77. The van der Waals surface area contributed by atoms with Gasteiger partial charge in [0.1, 0.15) is 17.4 Å². The predicted octanol–water partition coefficient (Wildman–Crippen LogP) is 3.35. The number of rotatable bonds is 4. The van der Waals surface area contributed by atoms with E-state index < -0.39 is 5.82 Å². The summed E-state index contributed by atoms with van der Waals surface area (Å²) in [6.45, 7) is 0.669. The maximum absolute atomic E-state index is 13.3. The zero-order valence-electron chi connectivity index (χ0n) is 9.86. The Bertz CT molecular complexity index is 558. The molecule has 0 amide bonds. The summed E-state index contributed by atoms with van der Waals surface area (Å²) in [5.41, 5.74) is 1.83. The molecular weight excluding hydrogens is 227 g/mol.